The number of hydrogen-bond acceptors (Lipinski definition) is 5. The van der Waals surface area contributed by atoms with Gasteiger partial charge in [-0.05, 0) is 32.9 Å². The normalized spacial score (nSPS) is 11.6. The standard InChI is InChI=1S/C17H19N5O2S/c1-17(2,3)21-12(23)9-25-16-20-13-14(18-10-19-15(13)24)22(16)11-7-5-4-6-8-11/h4-8,10H,9H2,1-3H3,(H,21,23)(H,18,19,24). The van der Waals surface area contributed by atoms with Crippen LogP contribution in [0.1, 0.15) is 20.8 Å². The van der Waals surface area contributed by atoms with Crippen LogP contribution in [0.5, 0.6) is 0 Å². The molecule has 25 heavy (non-hydrogen) atoms. The third-order valence-corrected chi connectivity index (χ3v) is 4.22. The molecule has 0 saturated heterocycles. The lowest BCUT2D eigenvalue weighted by Crippen LogP contribution is -2.41. The van der Waals surface area contributed by atoms with Crippen molar-refractivity contribution in [1.29, 1.82) is 0 Å². The number of nitrogens with one attached hydrogen (secondary N) is 2. The van der Waals surface area contributed by atoms with Crippen LogP contribution in [-0.4, -0.2) is 36.7 Å². The number of nitrogens with zero attached hydrogens (tertiary/aromatic N) is 3. The van der Waals surface area contributed by atoms with Crippen LogP contribution in [-0.2, 0) is 4.79 Å². The number of imidazole rings is 1. The van der Waals surface area contributed by atoms with Crippen LogP contribution >= 0.6 is 11.8 Å². The Balaban J connectivity index is 1.99. The van der Waals surface area contributed by atoms with E-state index in [0.717, 1.165) is 5.69 Å². The Morgan fingerprint density at radius 1 is 1.28 bits per heavy atom. The second-order valence-electron chi connectivity index (χ2n) is 6.56. The number of aromatic amines is 1. The molecule has 1 aromatic carbocycles. The van der Waals surface area contributed by atoms with E-state index >= 15 is 0 Å². The highest BCUT2D eigenvalue weighted by Crippen LogP contribution is 2.25. The van der Waals surface area contributed by atoms with Crippen molar-refractivity contribution < 1.29 is 4.79 Å². The minimum atomic E-state index is -0.305. The summed E-state index contributed by atoms with van der Waals surface area (Å²) < 4.78 is 1.79. The van der Waals surface area contributed by atoms with Crippen LogP contribution in [0.2, 0.25) is 0 Å². The van der Waals surface area contributed by atoms with Crippen molar-refractivity contribution in [3.05, 3.63) is 47.0 Å². The number of benzene rings is 1. The molecule has 3 rings (SSSR count). The second-order valence-corrected chi connectivity index (χ2v) is 7.50. The highest BCUT2D eigenvalue weighted by molar-refractivity contribution is 7.99. The average molecular weight is 357 g/mol. The fraction of sp³-hybridized carbons (Fsp3) is 0.294. The third-order valence-electron chi connectivity index (χ3n) is 3.28. The molecule has 0 bridgehead atoms. The molecule has 2 N–H and O–H groups in total. The number of rotatable bonds is 4. The van der Waals surface area contributed by atoms with E-state index in [1.54, 1.807) is 4.57 Å². The van der Waals surface area contributed by atoms with Crippen molar-refractivity contribution in [2.45, 2.75) is 31.5 Å². The molecule has 7 nitrogen and oxygen atoms in total. The molecular formula is C17H19N5O2S. The molecule has 0 aliphatic carbocycles. The van der Waals surface area contributed by atoms with Crippen LogP contribution in [0.4, 0.5) is 0 Å². The van der Waals surface area contributed by atoms with Gasteiger partial charge in [0.1, 0.15) is 0 Å². The molecule has 0 unspecified atom stereocenters. The zero-order valence-electron chi connectivity index (χ0n) is 14.2. The van der Waals surface area contributed by atoms with Gasteiger partial charge in [-0.3, -0.25) is 14.2 Å². The van der Waals surface area contributed by atoms with E-state index in [1.807, 2.05) is 51.1 Å². The molecule has 8 heteroatoms. The third kappa shape index (κ3) is 3.90. The van der Waals surface area contributed by atoms with E-state index in [4.69, 9.17) is 0 Å². The van der Waals surface area contributed by atoms with Gasteiger partial charge < -0.3 is 10.3 Å². The smallest absolute Gasteiger partial charge is 0.278 e. The first-order chi connectivity index (χ1) is 11.8. The summed E-state index contributed by atoms with van der Waals surface area (Å²) in [6.07, 6.45) is 1.35. The second kappa shape index (κ2) is 6.72. The summed E-state index contributed by atoms with van der Waals surface area (Å²) in [5, 5.41) is 3.46. The Morgan fingerprint density at radius 2 is 2.00 bits per heavy atom. The number of aromatic nitrogens is 4. The monoisotopic (exact) mass is 357 g/mol. The first-order valence-corrected chi connectivity index (χ1v) is 8.79. The fourth-order valence-corrected chi connectivity index (χ4v) is 3.18. The van der Waals surface area contributed by atoms with E-state index in [0.29, 0.717) is 10.8 Å². The molecule has 2 aromatic heterocycles. The minimum Gasteiger partial charge on any atom is -0.351 e. The van der Waals surface area contributed by atoms with E-state index < -0.39 is 0 Å². The van der Waals surface area contributed by atoms with Crippen LogP contribution in [0.3, 0.4) is 0 Å². The van der Waals surface area contributed by atoms with E-state index in [2.05, 4.69) is 20.3 Å². The first kappa shape index (κ1) is 17.2. The lowest BCUT2D eigenvalue weighted by Gasteiger charge is -2.20. The molecule has 0 atom stereocenters. The van der Waals surface area contributed by atoms with Gasteiger partial charge in [0, 0.05) is 11.2 Å². The number of hydrogen-bond donors (Lipinski definition) is 2. The summed E-state index contributed by atoms with van der Waals surface area (Å²) in [5.41, 5.74) is 0.955. The van der Waals surface area contributed by atoms with Crippen molar-refractivity contribution in [1.82, 2.24) is 24.8 Å². The number of carbonyl (C=O) groups excluding carboxylic acids is 1. The topological polar surface area (TPSA) is 92.7 Å². The predicted octanol–water partition coefficient (Wildman–Crippen LogP) is 2.12. The van der Waals surface area contributed by atoms with E-state index in [9.17, 15) is 9.59 Å². The Hall–Kier alpha value is -2.61. The molecule has 2 heterocycles. The summed E-state index contributed by atoms with van der Waals surface area (Å²) in [7, 11) is 0. The van der Waals surface area contributed by atoms with Crippen molar-refractivity contribution in [2.75, 3.05) is 5.75 Å². The van der Waals surface area contributed by atoms with E-state index in [1.165, 1.54) is 18.1 Å². The summed E-state index contributed by atoms with van der Waals surface area (Å²) in [6.45, 7) is 5.79. The zero-order chi connectivity index (χ0) is 18.0. The molecule has 0 fully saturated rings. The largest absolute Gasteiger partial charge is 0.351 e. The highest BCUT2D eigenvalue weighted by Gasteiger charge is 2.19. The summed E-state index contributed by atoms with van der Waals surface area (Å²) in [4.78, 5) is 35.3. The summed E-state index contributed by atoms with van der Waals surface area (Å²) >= 11 is 1.27. The molecule has 130 valence electrons. The maximum absolute atomic E-state index is 12.1. The maximum Gasteiger partial charge on any atom is 0.278 e. The number of thioether (sulfide) groups is 1. The Labute approximate surface area is 148 Å². The zero-order valence-corrected chi connectivity index (χ0v) is 15.1. The van der Waals surface area contributed by atoms with Gasteiger partial charge in [-0.2, -0.15) is 0 Å². The quantitative estimate of drug-likeness (QED) is 0.698. The number of fused-ring (bicyclic) bond motifs is 1. The molecule has 0 aliphatic rings. The van der Waals surface area contributed by atoms with Gasteiger partial charge in [0.25, 0.3) is 5.56 Å². The van der Waals surface area contributed by atoms with Crippen molar-refractivity contribution in [3.8, 4) is 5.69 Å². The number of H-pyrrole nitrogens is 1. The lowest BCUT2D eigenvalue weighted by atomic mass is 10.1. The van der Waals surface area contributed by atoms with Crippen molar-refractivity contribution >= 4 is 28.8 Å². The fourth-order valence-electron chi connectivity index (χ4n) is 2.37. The minimum absolute atomic E-state index is 0.0916. The predicted molar refractivity (Wildman–Crippen MR) is 98.1 cm³/mol. The number of amides is 1. The number of para-hydroxylation sites is 1. The Kier molecular flexibility index (Phi) is 4.63. The Morgan fingerprint density at radius 3 is 2.68 bits per heavy atom. The van der Waals surface area contributed by atoms with Crippen LogP contribution < -0.4 is 10.9 Å². The molecule has 0 radical (unpaired) electrons. The van der Waals surface area contributed by atoms with Gasteiger partial charge in [-0.25, -0.2) is 9.97 Å². The molecule has 0 aliphatic heterocycles. The van der Waals surface area contributed by atoms with Gasteiger partial charge in [-0.15, -0.1) is 0 Å². The van der Waals surface area contributed by atoms with Gasteiger partial charge in [-0.1, -0.05) is 30.0 Å². The van der Waals surface area contributed by atoms with Crippen LogP contribution in [0, 0.1) is 0 Å². The highest BCUT2D eigenvalue weighted by atomic mass is 32.2. The van der Waals surface area contributed by atoms with E-state index in [-0.39, 0.29) is 28.3 Å². The van der Waals surface area contributed by atoms with Gasteiger partial charge in [0.15, 0.2) is 16.3 Å². The Bertz CT molecular complexity index is 957. The van der Waals surface area contributed by atoms with Crippen molar-refractivity contribution in [2.24, 2.45) is 0 Å². The average Bonchev–Trinajstić information content (AvgIpc) is 2.92. The van der Waals surface area contributed by atoms with Crippen molar-refractivity contribution in [3.63, 3.8) is 0 Å². The molecule has 3 aromatic rings. The van der Waals surface area contributed by atoms with Gasteiger partial charge in [0.2, 0.25) is 5.91 Å². The van der Waals surface area contributed by atoms with Gasteiger partial charge >= 0.3 is 0 Å². The first-order valence-electron chi connectivity index (χ1n) is 7.80. The maximum atomic E-state index is 12.1. The molecular weight excluding hydrogens is 338 g/mol. The SMILES string of the molecule is CC(C)(C)NC(=O)CSc1nc2c(=O)[nH]cnc2n1-c1ccccc1. The van der Waals surface area contributed by atoms with Crippen LogP contribution in [0.15, 0.2) is 46.6 Å². The summed E-state index contributed by atoms with van der Waals surface area (Å²) in [5.74, 6) is 0.108. The molecule has 0 spiro atoms. The summed E-state index contributed by atoms with van der Waals surface area (Å²) in [6, 6.07) is 9.52. The van der Waals surface area contributed by atoms with Gasteiger partial charge in [0.05, 0.1) is 12.1 Å². The molecule has 0 saturated carbocycles. The molecule has 1 amide bonds. The van der Waals surface area contributed by atoms with Crippen LogP contribution in [0.25, 0.3) is 16.9 Å². The number of carbonyl (C=O) groups is 1. The lowest BCUT2D eigenvalue weighted by molar-refractivity contribution is -0.119.